The number of carboxylic acid groups (broad SMARTS) is 2. The molecule has 3 N–H and O–H groups in total. The number of hydrogen-bond donors (Lipinski definition) is 3. The number of quaternary nitrogens is 1. The largest absolute Gasteiger partial charge is 0.542 e. The average Bonchev–Trinajstić information content (AvgIpc) is 2.83. The van der Waals surface area contributed by atoms with E-state index in [2.05, 4.69) is 0 Å². The molecule has 0 aromatic heterocycles. The zero-order valence-electron chi connectivity index (χ0n) is 21.0. The Morgan fingerprint density at radius 3 is 2.22 bits per heavy atom. The second kappa shape index (κ2) is 13.5. The number of unbranched alkanes of at least 4 members (excludes halogenated alkanes) is 2. The quantitative estimate of drug-likeness (QED) is 0.192. The predicted octanol–water partition coefficient (Wildman–Crippen LogP) is 2.22. The van der Waals surface area contributed by atoms with Crippen LogP contribution in [0.5, 0.6) is 0 Å². The summed E-state index contributed by atoms with van der Waals surface area (Å²) >= 11 is 0. The number of aliphatic carboxylic acids is 2. The standard InChI is InChI=1S/C27H36FNO7/c1-4-5-8-14-29(24(30)26(32)33,25(31)27(34)35)15-21(23-18(2)10-9-11-19(23)3)17-36-16-20-12-6-7-13-22(20)28/h6-7,9-13,21,24-25,30-31H,4-5,8,14-17H2,1-3H3,(H-,32,33,34,35). The SMILES string of the molecule is CCCCC[N+](CC(COCc1ccccc1F)c1c(C)cccc1C)(C(O)C(=O)[O-])C(O)C(=O)O. The lowest BCUT2D eigenvalue weighted by Gasteiger charge is -2.46. The van der Waals surface area contributed by atoms with E-state index >= 15 is 0 Å². The first-order valence-corrected chi connectivity index (χ1v) is 12.1. The van der Waals surface area contributed by atoms with E-state index in [0.29, 0.717) is 18.4 Å². The summed E-state index contributed by atoms with van der Waals surface area (Å²) in [7, 11) is 0. The molecule has 0 saturated carbocycles. The first-order chi connectivity index (χ1) is 17.0. The van der Waals surface area contributed by atoms with Gasteiger partial charge in [-0.3, -0.25) is 4.48 Å². The van der Waals surface area contributed by atoms with Crippen molar-refractivity contribution in [2.24, 2.45) is 0 Å². The zero-order chi connectivity index (χ0) is 26.9. The maximum atomic E-state index is 14.1. The van der Waals surface area contributed by atoms with Gasteiger partial charge in [0.15, 0.2) is 0 Å². The smallest absolute Gasteiger partial charge is 0.392 e. The molecular weight excluding hydrogens is 469 g/mol. The summed E-state index contributed by atoms with van der Waals surface area (Å²) in [5.74, 6) is -4.58. The predicted molar refractivity (Wildman–Crippen MR) is 129 cm³/mol. The van der Waals surface area contributed by atoms with Gasteiger partial charge in [-0.25, -0.2) is 9.18 Å². The molecule has 2 aromatic rings. The number of rotatable bonds is 15. The van der Waals surface area contributed by atoms with E-state index < -0.39 is 40.6 Å². The van der Waals surface area contributed by atoms with Crippen molar-refractivity contribution in [3.63, 3.8) is 0 Å². The summed E-state index contributed by atoms with van der Waals surface area (Å²) in [6.07, 6.45) is -2.72. The Balaban J connectivity index is 2.52. The lowest BCUT2D eigenvalue weighted by atomic mass is 9.89. The second-order valence-electron chi connectivity index (χ2n) is 9.23. The molecule has 0 amide bonds. The molecule has 0 fully saturated rings. The molecule has 0 aliphatic rings. The van der Waals surface area contributed by atoms with Crippen LogP contribution in [-0.4, -0.2) is 63.9 Å². The molecule has 198 valence electrons. The Kier molecular flexibility index (Phi) is 11.0. The molecule has 0 radical (unpaired) electrons. The van der Waals surface area contributed by atoms with Gasteiger partial charge in [0.05, 0.1) is 32.2 Å². The van der Waals surface area contributed by atoms with Crippen molar-refractivity contribution in [2.45, 2.75) is 65.0 Å². The Morgan fingerprint density at radius 1 is 1.03 bits per heavy atom. The van der Waals surface area contributed by atoms with E-state index in [4.69, 9.17) is 4.74 Å². The van der Waals surface area contributed by atoms with Gasteiger partial charge in [-0.15, -0.1) is 0 Å². The minimum Gasteiger partial charge on any atom is -0.542 e. The van der Waals surface area contributed by atoms with Gasteiger partial charge in [-0.2, -0.15) is 0 Å². The van der Waals surface area contributed by atoms with Crippen molar-refractivity contribution in [3.8, 4) is 0 Å². The fraction of sp³-hybridized carbons (Fsp3) is 0.481. The summed E-state index contributed by atoms with van der Waals surface area (Å²) < 4.78 is 18.9. The Bertz CT molecular complexity index is 989. The highest BCUT2D eigenvalue weighted by Crippen LogP contribution is 2.31. The summed E-state index contributed by atoms with van der Waals surface area (Å²) in [6, 6.07) is 11.7. The highest BCUT2D eigenvalue weighted by atomic mass is 19.1. The van der Waals surface area contributed by atoms with Crippen LogP contribution in [0.2, 0.25) is 0 Å². The third kappa shape index (κ3) is 7.10. The minimum absolute atomic E-state index is 0.0279. The Hall–Kier alpha value is -2.85. The van der Waals surface area contributed by atoms with E-state index in [1.807, 2.05) is 39.0 Å². The molecule has 0 saturated heterocycles. The summed E-state index contributed by atoms with van der Waals surface area (Å²) in [5, 5.41) is 43.0. The molecule has 8 nitrogen and oxygen atoms in total. The molecule has 0 spiro atoms. The zero-order valence-corrected chi connectivity index (χ0v) is 21.0. The molecule has 0 aliphatic carbocycles. The minimum atomic E-state index is -2.29. The van der Waals surface area contributed by atoms with Crippen molar-refractivity contribution < 1.29 is 43.6 Å². The van der Waals surface area contributed by atoms with Gasteiger partial charge < -0.3 is 30.0 Å². The van der Waals surface area contributed by atoms with Crippen LogP contribution in [-0.2, 0) is 20.9 Å². The third-order valence-corrected chi connectivity index (χ3v) is 6.63. The summed E-state index contributed by atoms with van der Waals surface area (Å²) in [5.41, 5.74) is 2.83. The molecule has 4 unspecified atom stereocenters. The van der Waals surface area contributed by atoms with E-state index in [9.17, 15) is 34.4 Å². The van der Waals surface area contributed by atoms with Gasteiger partial charge in [0.2, 0.25) is 6.23 Å². The second-order valence-corrected chi connectivity index (χ2v) is 9.23. The molecule has 0 aliphatic heterocycles. The fourth-order valence-electron chi connectivity index (χ4n) is 4.79. The van der Waals surface area contributed by atoms with Gasteiger partial charge in [-0.05, 0) is 49.4 Å². The van der Waals surface area contributed by atoms with Gasteiger partial charge in [0.25, 0.3) is 6.23 Å². The number of carbonyl (C=O) groups excluding carboxylic acids is 1. The molecule has 0 heterocycles. The number of benzene rings is 2. The van der Waals surface area contributed by atoms with Crippen molar-refractivity contribution in [3.05, 3.63) is 70.5 Å². The third-order valence-electron chi connectivity index (χ3n) is 6.63. The number of carbonyl (C=O) groups is 2. The van der Waals surface area contributed by atoms with Crippen molar-refractivity contribution in [2.75, 3.05) is 19.7 Å². The van der Waals surface area contributed by atoms with E-state index in [1.165, 1.54) is 6.07 Å². The van der Waals surface area contributed by atoms with Crippen LogP contribution in [0, 0.1) is 19.7 Å². The molecule has 36 heavy (non-hydrogen) atoms. The topological polar surface area (TPSA) is 127 Å². The number of ether oxygens (including phenoxy) is 1. The maximum Gasteiger partial charge on any atom is 0.392 e. The lowest BCUT2D eigenvalue weighted by molar-refractivity contribution is -0.996. The van der Waals surface area contributed by atoms with Gasteiger partial charge in [0.1, 0.15) is 11.8 Å². The number of aliphatic hydroxyl groups excluding tert-OH is 2. The van der Waals surface area contributed by atoms with Crippen LogP contribution >= 0.6 is 0 Å². The number of carboxylic acids is 2. The van der Waals surface area contributed by atoms with Crippen LogP contribution in [0.4, 0.5) is 4.39 Å². The molecule has 2 aromatic carbocycles. The highest BCUT2D eigenvalue weighted by Gasteiger charge is 2.49. The molecule has 2 rings (SSSR count). The first kappa shape index (κ1) is 29.4. The van der Waals surface area contributed by atoms with Crippen LogP contribution < -0.4 is 5.11 Å². The molecule has 0 bridgehead atoms. The maximum absolute atomic E-state index is 14.1. The van der Waals surface area contributed by atoms with Gasteiger partial charge in [-0.1, -0.05) is 49.7 Å². The van der Waals surface area contributed by atoms with Crippen molar-refractivity contribution in [1.82, 2.24) is 0 Å². The van der Waals surface area contributed by atoms with E-state index in [-0.39, 0.29) is 26.3 Å². The number of aryl methyl sites for hydroxylation is 2. The molecule has 9 heteroatoms. The van der Waals surface area contributed by atoms with Crippen LogP contribution in [0.15, 0.2) is 42.5 Å². The van der Waals surface area contributed by atoms with E-state index in [0.717, 1.165) is 23.1 Å². The summed E-state index contributed by atoms with van der Waals surface area (Å²) in [4.78, 5) is 23.8. The van der Waals surface area contributed by atoms with Gasteiger partial charge >= 0.3 is 5.97 Å². The number of hydrogen-bond acceptors (Lipinski definition) is 6. The van der Waals surface area contributed by atoms with Crippen molar-refractivity contribution in [1.29, 1.82) is 0 Å². The molecule has 4 atom stereocenters. The molecular formula is C27H36FNO7. The number of halogens is 1. The van der Waals surface area contributed by atoms with Crippen LogP contribution in [0.25, 0.3) is 0 Å². The van der Waals surface area contributed by atoms with Crippen LogP contribution in [0.3, 0.4) is 0 Å². The number of nitrogens with zero attached hydrogens (tertiary/aromatic N) is 1. The van der Waals surface area contributed by atoms with Gasteiger partial charge in [0, 0.05) is 5.56 Å². The average molecular weight is 506 g/mol. The van der Waals surface area contributed by atoms with Crippen molar-refractivity contribution >= 4 is 11.9 Å². The lowest BCUT2D eigenvalue weighted by Crippen LogP contribution is -2.70. The van der Waals surface area contributed by atoms with Crippen LogP contribution in [0.1, 0.15) is 54.4 Å². The fourth-order valence-corrected chi connectivity index (χ4v) is 4.79. The Morgan fingerprint density at radius 2 is 1.67 bits per heavy atom. The summed E-state index contributed by atoms with van der Waals surface area (Å²) in [6.45, 7) is 5.20. The Labute approximate surface area is 211 Å². The normalized spacial score (nSPS) is 15.6. The van der Waals surface area contributed by atoms with E-state index in [1.54, 1.807) is 18.2 Å². The monoisotopic (exact) mass is 505 g/mol. The first-order valence-electron chi connectivity index (χ1n) is 12.1. The number of aliphatic hydroxyl groups is 2. The highest BCUT2D eigenvalue weighted by molar-refractivity contribution is 5.72.